The van der Waals surface area contributed by atoms with Gasteiger partial charge in [0.25, 0.3) is 0 Å². The lowest BCUT2D eigenvalue weighted by Crippen LogP contribution is -2.31. The molecule has 0 aromatic carbocycles. The van der Waals surface area contributed by atoms with E-state index in [0.717, 1.165) is 19.0 Å². The Kier molecular flexibility index (Phi) is 6.07. The molecule has 114 valence electrons. The van der Waals surface area contributed by atoms with Gasteiger partial charge in [-0.3, -0.25) is 0 Å². The van der Waals surface area contributed by atoms with Crippen LogP contribution in [0.2, 0.25) is 5.02 Å². The van der Waals surface area contributed by atoms with E-state index in [1.54, 1.807) is 6.07 Å². The fraction of sp³-hybridized carbons (Fsp3) is 0.615. The number of aromatic nitrogens is 1. The summed E-state index contributed by atoms with van der Waals surface area (Å²) in [6, 6.07) is 1.56. The monoisotopic (exact) mass is 310 g/mol. The van der Waals surface area contributed by atoms with Crippen molar-refractivity contribution in [1.82, 2.24) is 10.3 Å². The molecule has 0 aliphatic heterocycles. The highest BCUT2D eigenvalue weighted by molar-refractivity contribution is 6.31. The van der Waals surface area contributed by atoms with E-state index in [4.69, 9.17) is 16.3 Å². The molecule has 1 rings (SSSR count). The topological polar surface area (TPSA) is 34.2 Å². The van der Waals surface area contributed by atoms with Crippen LogP contribution in [-0.4, -0.2) is 23.8 Å². The summed E-state index contributed by atoms with van der Waals surface area (Å²) in [5.41, 5.74) is 0.794. The Bertz CT molecular complexity index is 438. The summed E-state index contributed by atoms with van der Waals surface area (Å²) in [7, 11) is 0. The molecule has 20 heavy (non-hydrogen) atoms. The van der Waals surface area contributed by atoms with Crippen LogP contribution in [0.25, 0.3) is 0 Å². The Hall–Kier alpha value is -1.01. The van der Waals surface area contributed by atoms with Gasteiger partial charge < -0.3 is 10.1 Å². The average Bonchev–Trinajstić information content (AvgIpc) is 2.30. The Morgan fingerprint density at radius 1 is 1.35 bits per heavy atom. The van der Waals surface area contributed by atoms with Crippen molar-refractivity contribution in [1.29, 1.82) is 0 Å². The largest absolute Gasteiger partial charge is 0.464 e. The van der Waals surface area contributed by atoms with Crippen LogP contribution in [0.1, 0.15) is 26.3 Å². The highest BCUT2D eigenvalue weighted by Crippen LogP contribution is 2.28. The molecule has 0 fully saturated rings. The normalized spacial score (nSPS) is 13.6. The van der Waals surface area contributed by atoms with Gasteiger partial charge in [0.1, 0.15) is 5.02 Å². The first kappa shape index (κ1) is 17.0. The third-order valence-corrected chi connectivity index (χ3v) is 2.77. The Balaban J connectivity index is 2.64. The van der Waals surface area contributed by atoms with Crippen molar-refractivity contribution >= 4 is 11.6 Å². The first-order valence-electron chi connectivity index (χ1n) is 6.28. The van der Waals surface area contributed by atoms with Crippen molar-refractivity contribution in [2.24, 2.45) is 5.92 Å². The Labute approximate surface area is 121 Å². The molecule has 7 heteroatoms. The van der Waals surface area contributed by atoms with Gasteiger partial charge in [0, 0.05) is 12.7 Å². The molecule has 3 nitrogen and oxygen atoms in total. The molecular formula is C13H18ClF3N2O. The van der Waals surface area contributed by atoms with Gasteiger partial charge in [-0.25, -0.2) is 4.98 Å². The van der Waals surface area contributed by atoms with Crippen molar-refractivity contribution < 1.29 is 17.9 Å². The lowest BCUT2D eigenvalue weighted by Gasteiger charge is -2.17. The molecule has 0 radical (unpaired) electrons. The van der Waals surface area contributed by atoms with Gasteiger partial charge in [0.15, 0.2) is 6.10 Å². The second-order valence-electron chi connectivity index (χ2n) is 4.96. The SMILES string of the molecule is CC(C)CNCc1cnc(OC(C)C(F)(F)F)c(Cl)c1. The van der Waals surface area contributed by atoms with Crippen molar-refractivity contribution in [2.45, 2.75) is 39.6 Å². The lowest BCUT2D eigenvalue weighted by atomic mass is 10.2. The number of alkyl halides is 3. The van der Waals surface area contributed by atoms with E-state index in [1.807, 2.05) is 0 Å². The fourth-order valence-electron chi connectivity index (χ4n) is 1.39. The number of hydrogen-bond acceptors (Lipinski definition) is 3. The number of halogens is 4. The average molecular weight is 311 g/mol. The summed E-state index contributed by atoms with van der Waals surface area (Å²) < 4.78 is 41.9. The van der Waals surface area contributed by atoms with Crippen molar-refractivity contribution in [3.63, 3.8) is 0 Å². The number of ether oxygens (including phenoxy) is 1. The molecule has 1 atom stereocenters. The fourth-order valence-corrected chi connectivity index (χ4v) is 1.62. The van der Waals surface area contributed by atoms with Crippen molar-refractivity contribution in [2.75, 3.05) is 6.54 Å². The summed E-state index contributed by atoms with van der Waals surface area (Å²) in [6.07, 6.45) is -4.93. The van der Waals surface area contributed by atoms with E-state index in [-0.39, 0.29) is 10.9 Å². The van der Waals surface area contributed by atoms with Gasteiger partial charge in [0.05, 0.1) is 0 Å². The van der Waals surface area contributed by atoms with Gasteiger partial charge >= 0.3 is 6.18 Å². The second-order valence-corrected chi connectivity index (χ2v) is 5.36. The Morgan fingerprint density at radius 3 is 2.50 bits per heavy atom. The number of nitrogens with zero attached hydrogens (tertiary/aromatic N) is 1. The number of pyridine rings is 1. The van der Waals surface area contributed by atoms with Crippen molar-refractivity contribution in [3.8, 4) is 5.88 Å². The Morgan fingerprint density at radius 2 is 2.00 bits per heavy atom. The molecule has 1 N–H and O–H groups in total. The lowest BCUT2D eigenvalue weighted by molar-refractivity contribution is -0.189. The van der Waals surface area contributed by atoms with Crippen LogP contribution in [0, 0.1) is 5.92 Å². The van der Waals surface area contributed by atoms with Crippen molar-refractivity contribution in [3.05, 3.63) is 22.8 Å². The summed E-state index contributed by atoms with van der Waals surface area (Å²) in [5, 5.41) is 3.27. The molecule has 1 heterocycles. The van der Waals surface area contributed by atoms with Crippen LogP contribution in [0.15, 0.2) is 12.3 Å². The highest BCUT2D eigenvalue weighted by atomic mass is 35.5. The smallest absolute Gasteiger partial charge is 0.425 e. The third kappa shape index (κ3) is 5.54. The number of hydrogen-bond donors (Lipinski definition) is 1. The molecule has 0 aliphatic rings. The second kappa shape index (κ2) is 7.13. The minimum Gasteiger partial charge on any atom is -0.464 e. The summed E-state index contributed by atoms with van der Waals surface area (Å²) >= 11 is 5.88. The zero-order chi connectivity index (χ0) is 15.3. The maximum atomic E-state index is 12.4. The zero-order valence-electron chi connectivity index (χ0n) is 11.6. The van der Waals surface area contributed by atoms with E-state index in [9.17, 15) is 13.2 Å². The summed E-state index contributed by atoms with van der Waals surface area (Å²) in [4.78, 5) is 3.84. The first-order valence-corrected chi connectivity index (χ1v) is 6.66. The third-order valence-electron chi connectivity index (χ3n) is 2.50. The summed E-state index contributed by atoms with van der Waals surface area (Å²) in [5.74, 6) is 0.303. The van der Waals surface area contributed by atoms with Gasteiger partial charge in [-0.2, -0.15) is 13.2 Å². The molecule has 1 aromatic heterocycles. The number of nitrogens with one attached hydrogen (secondary N) is 1. The maximum Gasteiger partial charge on any atom is 0.425 e. The minimum absolute atomic E-state index is 0.0740. The highest BCUT2D eigenvalue weighted by Gasteiger charge is 2.38. The predicted molar refractivity (Wildman–Crippen MR) is 71.9 cm³/mol. The minimum atomic E-state index is -4.44. The van der Waals surface area contributed by atoms with Crippen LogP contribution in [0.3, 0.4) is 0 Å². The predicted octanol–water partition coefficient (Wildman–Crippen LogP) is 3.81. The van der Waals surface area contributed by atoms with Crippen LogP contribution in [0.4, 0.5) is 13.2 Å². The molecule has 0 aliphatic carbocycles. The van der Waals surface area contributed by atoms with E-state index in [0.29, 0.717) is 12.5 Å². The van der Waals surface area contributed by atoms with Crippen LogP contribution < -0.4 is 10.1 Å². The van der Waals surface area contributed by atoms with Gasteiger partial charge in [-0.05, 0) is 31.0 Å². The zero-order valence-corrected chi connectivity index (χ0v) is 12.3. The quantitative estimate of drug-likeness (QED) is 0.867. The molecule has 1 unspecified atom stereocenters. The van der Waals surface area contributed by atoms with Gasteiger partial charge in [-0.15, -0.1) is 0 Å². The van der Waals surface area contributed by atoms with Crippen LogP contribution in [-0.2, 0) is 6.54 Å². The van der Waals surface area contributed by atoms with Crippen LogP contribution >= 0.6 is 11.6 Å². The van der Waals surface area contributed by atoms with E-state index in [2.05, 4.69) is 24.1 Å². The van der Waals surface area contributed by atoms with E-state index in [1.165, 1.54) is 6.20 Å². The maximum absolute atomic E-state index is 12.4. The molecule has 0 spiro atoms. The van der Waals surface area contributed by atoms with E-state index >= 15 is 0 Å². The standard InChI is InChI=1S/C13H18ClF3N2O/c1-8(2)5-18-6-10-4-11(14)12(19-7-10)20-9(3)13(15,16)17/h4,7-9,18H,5-6H2,1-3H3. The molecule has 1 aromatic rings. The first-order chi connectivity index (χ1) is 9.20. The van der Waals surface area contributed by atoms with Crippen LogP contribution in [0.5, 0.6) is 5.88 Å². The summed E-state index contributed by atoms with van der Waals surface area (Å²) in [6.45, 7) is 6.46. The molecule has 0 amide bonds. The molecule has 0 bridgehead atoms. The molecular weight excluding hydrogens is 293 g/mol. The number of rotatable bonds is 6. The van der Waals surface area contributed by atoms with Gasteiger partial charge in [0.2, 0.25) is 5.88 Å². The van der Waals surface area contributed by atoms with Gasteiger partial charge in [-0.1, -0.05) is 25.4 Å². The molecule has 0 saturated heterocycles. The van der Waals surface area contributed by atoms with E-state index < -0.39 is 12.3 Å². The molecule has 0 saturated carbocycles.